The minimum Gasteiger partial charge on any atom is -0.388 e. The van der Waals surface area contributed by atoms with E-state index >= 15 is 0 Å². The highest BCUT2D eigenvalue weighted by atomic mass is 16.7. The lowest BCUT2D eigenvalue weighted by Crippen LogP contribution is -2.58. The van der Waals surface area contributed by atoms with Crippen LogP contribution in [-0.2, 0) is 18.9 Å². The van der Waals surface area contributed by atoms with Crippen molar-refractivity contribution in [2.75, 3.05) is 21.3 Å². The van der Waals surface area contributed by atoms with Crippen molar-refractivity contribution in [1.29, 1.82) is 0 Å². The zero-order valence-electron chi connectivity index (χ0n) is 8.97. The second-order valence-electron chi connectivity index (χ2n) is 3.34. The van der Waals surface area contributed by atoms with Gasteiger partial charge in [0, 0.05) is 21.3 Å². The van der Waals surface area contributed by atoms with Crippen LogP contribution in [0, 0.1) is 0 Å². The molecule has 0 radical (unpaired) electrons. The van der Waals surface area contributed by atoms with Gasteiger partial charge in [0.05, 0.1) is 6.10 Å². The van der Waals surface area contributed by atoms with E-state index in [1.165, 1.54) is 21.3 Å². The molecule has 0 aromatic carbocycles. The van der Waals surface area contributed by atoms with Crippen LogP contribution in [0.15, 0.2) is 0 Å². The first-order valence-corrected chi connectivity index (χ1v) is 4.57. The molecule has 0 bridgehead atoms. The van der Waals surface area contributed by atoms with E-state index in [-0.39, 0.29) is 6.10 Å². The predicted octanol–water partition coefficient (Wildman–Crippen LogP) is -0.232. The molecule has 1 rings (SSSR count). The van der Waals surface area contributed by atoms with E-state index in [1.807, 2.05) is 0 Å². The van der Waals surface area contributed by atoms with Gasteiger partial charge in [0.1, 0.15) is 18.3 Å². The van der Waals surface area contributed by atoms with Crippen molar-refractivity contribution in [2.24, 2.45) is 0 Å². The number of aliphatic hydroxyl groups is 1. The molecule has 0 aliphatic carbocycles. The van der Waals surface area contributed by atoms with Crippen molar-refractivity contribution < 1.29 is 24.1 Å². The Kier molecular flexibility index (Phi) is 4.28. The number of rotatable bonds is 3. The molecule has 84 valence electrons. The summed E-state index contributed by atoms with van der Waals surface area (Å²) in [6.07, 6.45) is -2.35. The van der Waals surface area contributed by atoms with Crippen molar-refractivity contribution in [3.8, 4) is 0 Å². The Bertz CT molecular complexity index is 171. The van der Waals surface area contributed by atoms with Crippen molar-refractivity contribution >= 4 is 0 Å². The standard InChI is InChI=1S/C9H18O5/c1-5-6(10)7(11-2)8(12-3)9(13-4)14-5/h5-10H,1-4H3/t5-,6-,7-,8-,9-/m1/s1. The average Bonchev–Trinajstić information content (AvgIpc) is 2.20. The summed E-state index contributed by atoms with van der Waals surface area (Å²) < 4.78 is 20.9. The van der Waals surface area contributed by atoms with E-state index in [2.05, 4.69) is 0 Å². The van der Waals surface area contributed by atoms with Crippen LogP contribution >= 0.6 is 0 Å². The fourth-order valence-electron chi connectivity index (χ4n) is 1.69. The molecular weight excluding hydrogens is 188 g/mol. The van der Waals surface area contributed by atoms with Gasteiger partial charge in [-0.2, -0.15) is 0 Å². The predicted molar refractivity (Wildman–Crippen MR) is 48.9 cm³/mol. The van der Waals surface area contributed by atoms with Crippen LogP contribution in [0.1, 0.15) is 6.92 Å². The Morgan fingerprint density at radius 2 is 1.57 bits per heavy atom. The largest absolute Gasteiger partial charge is 0.388 e. The van der Waals surface area contributed by atoms with Crippen molar-refractivity contribution in [3.05, 3.63) is 0 Å². The summed E-state index contributed by atoms with van der Waals surface area (Å²) in [6.45, 7) is 1.77. The highest BCUT2D eigenvalue weighted by Crippen LogP contribution is 2.25. The topological polar surface area (TPSA) is 57.2 Å². The second-order valence-corrected chi connectivity index (χ2v) is 3.34. The first-order chi connectivity index (χ1) is 6.65. The third kappa shape index (κ3) is 2.07. The Labute approximate surface area is 83.9 Å². The fraction of sp³-hybridized carbons (Fsp3) is 1.00. The van der Waals surface area contributed by atoms with E-state index in [0.717, 1.165) is 0 Å². The molecule has 5 heteroatoms. The highest BCUT2D eigenvalue weighted by Gasteiger charge is 2.44. The van der Waals surface area contributed by atoms with Gasteiger partial charge in [-0.1, -0.05) is 0 Å². The molecule has 1 fully saturated rings. The van der Waals surface area contributed by atoms with Crippen LogP contribution in [0.3, 0.4) is 0 Å². The molecule has 0 aromatic heterocycles. The zero-order chi connectivity index (χ0) is 10.7. The Morgan fingerprint density at radius 3 is 2.00 bits per heavy atom. The number of hydrogen-bond acceptors (Lipinski definition) is 5. The van der Waals surface area contributed by atoms with Gasteiger partial charge in [0.25, 0.3) is 0 Å². The second kappa shape index (κ2) is 5.04. The maximum atomic E-state index is 9.77. The lowest BCUT2D eigenvalue weighted by molar-refractivity contribution is -0.295. The molecule has 5 atom stereocenters. The summed E-state index contributed by atoms with van der Waals surface area (Å²) in [7, 11) is 4.60. The number of hydrogen-bond donors (Lipinski definition) is 1. The van der Waals surface area contributed by atoms with E-state index < -0.39 is 24.6 Å². The summed E-state index contributed by atoms with van der Waals surface area (Å²) in [5.74, 6) is 0. The highest BCUT2D eigenvalue weighted by molar-refractivity contribution is 4.89. The monoisotopic (exact) mass is 206 g/mol. The maximum Gasteiger partial charge on any atom is 0.186 e. The van der Waals surface area contributed by atoms with Crippen LogP contribution < -0.4 is 0 Å². The van der Waals surface area contributed by atoms with E-state index in [0.29, 0.717) is 0 Å². The molecule has 1 saturated heterocycles. The number of aliphatic hydroxyl groups excluding tert-OH is 1. The summed E-state index contributed by atoms with van der Waals surface area (Å²) in [4.78, 5) is 0. The summed E-state index contributed by atoms with van der Waals surface area (Å²) in [5.41, 5.74) is 0. The first-order valence-electron chi connectivity index (χ1n) is 4.57. The summed E-state index contributed by atoms with van der Waals surface area (Å²) >= 11 is 0. The van der Waals surface area contributed by atoms with Gasteiger partial charge in [-0.15, -0.1) is 0 Å². The Morgan fingerprint density at radius 1 is 1.00 bits per heavy atom. The third-order valence-electron chi connectivity index (χ3n) is 2.54. The molecule has 1 heterocycles. The minimum atomic E-state index is -0.698. The molecule has 0 unspecified atom stereocenters. The van der Waals surface area contributed by atoms with Crippen molar-refractivity contribution in [3.63, 3.8) is 0 Å². The molecule has 1 N–H and O–H groups in total. The molecule has 14 heavy (non-hydrogen) atoms. The number of methoxy groups -OCH3 is 3. The molecule has 0 aromatic rings. The first kappa shape index (κ1) is 11.9. The van der Waals surface area contributed by atoms with Gasteiger partial charge in [-0.25, -0.2) is 0 Å². The normalized spacial score (nSPS) is 43.9. The van der Waals surface area contributed by atoms with Crippen LogP contribution in [0.2, 0.25) is 0 Å². The van der Waals surface area contributed by atoms with Crippen molar-refractivity contribution in [1.82, 2.24) is 0 Å². The van der Waals surface area contributed by atoms with Crippen LogP contribution in [-0.4, -0.2) is 57.1 Å². The molecule has 0 saturated carbocycles. The lowest BCUT2D eigenvalue weighted by Gasteiger charge is -2.41. The molecule has 1 aliphatic heterocycles. The van der Waals surface area contributed by atoms with Crippen LogP contribution in [0.25, 0.3) is 0 Å². The lowest BCUT2D eigenvalue weighted by atomic mass is 9.99. The summed E-state index contributed by atoms with van der Waals surface area (Å²) in [6, 6.07) is 0. The van der Waals surface area contributed by atoms with Gasteiger partial charge < -0.3 is 24.1 Å². The maximum absolute atomic E-state index is 9.77. The molecule has 5 nitrogen and oxygen atoms in total. The van der Waals surface area contributed by atoms with Gasteiger partial charge >= 0.3 is 0 Å². The van der Waals surface area contributed by atoms with Gasteiger partial charge in [-0.3, -0.25) is 0 Å². The molecule has 0 spiro atoms. The Balaban J connectivity index is 2.75. The molecule has 0 amide bonds. The van der Waals surface area contributed by atoms with Crippen molar-refractivity contribution in [2.45, 2.75) is 37.6 Å². The van der Waals surface area contributed by atoms with Crippen LogP contribution in [0.5, 0.6) is 0 Å². The fourth-order valence-corrected chi connectivity index (χ4v) is 1.69. The minimum absolute atomic E-state index is 0.323. The third-order valence-corrected chi connectivity index (χ3v) is 2.54. The van der Waals surface area contributed by atoms with E-state index in [9.17, 15) is 5.11 Å². The SMILES string of the molecule is CO[C@@H]1O[C@H](C)[C@@H](O)[C@@H](OC)[C@H]1OC. The smallest absolute Gasteiger partial charge is 0.186 e. The number of ether oxygens (including phenoxy) is 4. The Hall–Kier alpha value is -0.200. The van der Waals surface area contributed by atoms with Gasteiger partial charge in [0.15, 0.2) is 6.29 Å². The zero-order valence-corrected chi connectivity index (χ0v) is 8.97. The van der Waals surface area contributed by atoms with E-state index in [4.69, 9.17) is 18.9 Å². The molecular formula is C9H18O5. The van der Waals surface area contributed by atoms with E-state index in [1.54, 1.807) is 6.92 Å². The average molecular weight is 206 g/mol. The van der Waals surface area contributed by atoms with Crippen LogP contribution in [0.4, 0.5) is 0 Å². The molecule has 1 aliphatic rings. The quantitative estimate of drug-likeness (QED) is 0.691. The van der Waals surface area contributed by atoms with Gasteiger partial charge in [0.2, 0.25) is 0 Å². The van der Waals surface area contributed by atoms with Gasteiger partial charge in [-0.05, 0) is 6.92 Å². The summed E-state index contributed by atoms with van der Waals surface area (Å²) in [5, 5.41) is 9.77.